The number of carbonyl (C=O) groups is 2. The Kier molecular flexibility index (Phi) is 6.91. The summed E-state index contributed by atoms with van der Waals surface area (Å²) in [5.74, 6) is -1.44. The highest BCUT2D eigenvalue weighted by Gasteiger charge is 2.02. The van der Waals surface area contributed by atoms with Crippen LogP contribution < -0.4 is 5.32 Å². The summed E-state index contributed by atoms with van der Waals surface area (Å²) in [5, 5.41) is 10.4. The van der Waals surface area contributed by atoms with Crippen LogP contribution in [0.25, 0.3) is 0 Å². The van der Waals surface area contributed by atoms with Crippen molar-refractivity contribution in [1.29, 1.82) is 0 Å². The van der Waals surface area contributed by atoms with Gasteiger partial charge < -0.3 is 15.2 Å². The van der Waals surface area contributed by atoms with Crippen molar-refractivity contribution in [2.24, 2.45) is 0 Å². The van der Waals surface area contributed by atoms with Crippen LogP contribution in [-0.4, -0.2) is 36.7 Å². The SMILES string of the molecule is CCCCOCC(=O)NCC(=O)O. The van der Waals surface area contributed by atoms with Crippen molar-refractivity contribution in [3.8, 4) is 0 Å². The standard InChI is InChI=1S/C8H15NO4/c1-2-3-4-13-6-7(10)9-5-8(11)12/h2-6H2,1H3,(H,9,10)(H,11,12). The monoisotopic (exact) mass is 189 g/mol. The fourth-order valence-corrected chi connectivity index (χ4v) is 0.636. The van der Waals surface area contributed by atoms with E-state index < -0.39 is 11.9 Å². The number of carboxylic acids is 1. The van der Waals surface area contributed by atoms with Gasteiger partial charge in [0.15, 0.2) is 0 Å². The molecular formula is C8H15NO4. The van der Waals surface area contributed by atoms with Crippen molar-refractivity contribution in [1.82, 2.24) is 5.32 Å². The van der Waals surface area contributed by atoms with Crippen molar-refractivity contribution in [2.45, 2.75) is 19.8 Å². The maximum atomic E-state index is 10.8. The van der Waals surface area contributed by atoms with Gasteiger partial charge in [0.1, 0.15) is 13.2 Å². The van der Waals surface area contributed by atoms with Crippen molar-refractivity contribution in [3.05, 3.63) is 0 Å². The molecule has 0 bridgehead atoms. The second-order valence-electron chi connectivity index (χ2n) is 2.58. The Balaban J connectivity index is 3.25. The van der Waals surface area contributed by atoms with Crippen molar-refractivity contribution in [2.75, 3.05) is 19.8 Å². The molecule has 0 aromatic heterocycles. The van der Waals surface area contributed by atoms with Crippen LogP contribution in [0.15, 0.2) is 0 Å². The van der Waals surface area contributed by atoms with Crippen molar-refractivity contribution in [3.63, 3.8) is 0 Å². The first kappa shape index (κ1) is 11.9. The summed E-state index contributed by atoms with van der Waals surface area (Å²) in [6.45, 7) is 2.15. The Morgan fingerprint density at radius 1 is 1.46 bits per heavy atom. The highest BCUT2D eigenvalue weighted by molar-refractivity contribution is 5.81. The Morgan fingerprint density at radius 2 is 2.15 bits per heavy atom. The number of aliphatic carboxylic acids is 1. The van der Waals surface area contributed by atoms with E-state index in [4.69, 9.17) is 9.84 Å². The van der Waals surface area contributed by atoms with Crippen LogP contribution in [0, 0.1) is 0 Å². The number of hydrogen-bond acceptors (Lipinski definition) is 3. The summed E-state index contributed by atoms with van der Waals surface area (Å²) in [5.41, 5.74) is 0. The summed E-state index contributed by atoms with van der Waals surface area (Å²) in [6, 6.07) is 0. The van der Waals surface area contributed by atoms with Crippen molar-refractivity contribution >= 4 is 11.9 Å². The zero-order valence-electron chi connectivity index (χ0n) is 7.71. The minimum Gasteiger partial charge on any atom is -0.480 e. The van der Waals surface area contributed by atoms with Gasteiger partial charge in [-0.15, -0.1) is 0 Å². The number of hydrogen-bond donors (Lipinski definition) is 2. The van der Waals surface area contributed by atoms with E-state index in [1.807, 2.05) is 6.92 Å². The first-order chi connectivity index (χ1) is 6.16. The molecule has 5 nitrogen and oxygen atoms in total. The summed E-state index contributed by atoms with van der Waals surface area (Å²) in [6.07, 6.45) is 1.92. The van der Waals surface area contributed by atoms with E-state index in [2.05, 4.69) is 5.32 Å². The average molecular weight is 189 g/mol. The van der Waals surface area contributed by atoms with E-state index in [1.165, 1.54) is 0 Å². The maximum Gasteiger partial charge on any atom is 0.322 e. The second kappa shape index (κ2) is 7.54. The molecule has 0 spiro atoms. The fraction of sp³-hybridized carbons (Fsp3) is 0.750. The normalized spacial score (nSPS) is 9.62. The van der Waals surface area contributed by atoms with Crippen LogP contribution in [0.4, 0.5) is 0 Å². The molecule has 0 radical (unpaired) electrons. The number of carboxylic acid groups (broad SMARTS) is 1. The van der Waals surface area contributed by atoms with Gasteiger partial charge in [-0.2, -0.15) is 0 Å². The molecule has 0 atom stereocenters. The zero-order valence-corrected chi connectivity index (χ0v) is 7.71. The van der Waals surface area contributed by atoms with Gasteiger partial charge in [0, 0.05) is 6.61 Å². The van der Waals surface area contributed by atoms with E-state index in [-0.39, 0.29) is 13.2 Å². The molecule has 0 rings (SSSR count). The maximum absolute atomic E-state index is 10.8. The predicted octanol–water partition coefficient (Wildman–Crippen LogP) is 0.00390. The molecule has 0 aromatic rings. The third kappa shape index (κ3) is 8.81. The predicted molar refractivity (Wildman–Crippen MR) is 46.4 cm³/mol. The van der Waals surface area contributed by atoms with Gasteiger partial charge in [-0.25, -0.2) is 0 Å². The Hall–Kier alpha value is -1.10. The Labute approximate surface area is 77.1 Å². The van der Waals surface area contributed by atoms with Crippen LogP contribution >= 0.6 is 0 Å². The summed E-state index contributed by atoms with van der Waals surface area (Å²) in [4.78, 5) is 20.8. The topological polar surface area (TPSA) is 75.6 Å². The van der Waals surface area contributed by atoms with E-state index in [0.717, 1.165) is 12.8 Å². The fourth-order valence-electron chi connectivity index (χ4n) is 0.636. The molecule has 13 heavy (non-hydrogen) atoms. The summed E-state index contributed by atoms with van der Waals surface area (Å²) >= 11 is 0. The molecule has 0 saturated heterocycles. The van der Waals surface area contributed by atoms with Crippen LogP contribution in [-0.2, 0) is 14.3 Å². The number of nitrogens with one attached hydrogen (secondary N) is 1. The molecule has 1 amide bonds. The van der Waals surface area contributed by atoms with Gasteiger partial charge in [-0.3, -0.25) is 9.59 Å². The number of rotatable bonds is 7. The largest absolute Gasteiger partial charge is 0.480 e. The summed E-state index contributed by atoms with van der Waals surface area (Å²) in [7, 11) is 0. The molecule has 76 valence electrons. The minimum atomic E-state index is -1.05. The molecule has 0 heterocycles. The molecule has 0 saturated carbocycles. The lowest BCUT2D eigenvalue weighted by Crippen LogP contribution is -2.32. The summed E-state index contributed by atoms with van der Waals surface area (Å²) < 4.78 is 4.96. The van der Waals surface area contributed by atoms with Gasteiger partial charge in [0.05, 0.1) is 0 Å². The first-order valence-corrected chi connectivity index (χ1v) is 4.23. The molecule has 2 N–H and O–H groups in total. The molecule has 0 aromatic carbocycles. The van der Waals surface area contributed by atoms with Crippen LogP contribution in [0.5, 0.6) is 0 Å². The molecule has 0 aliphatic heterocycles. The minimum absolute atomic E-state index is 0.0622. The zero-order chi connectivity index (χ0) is 10.1. The third-order valence-electron chi connectivity index (χ3n) is 1.31. The van der Waals surface area contributed by atoms with E-state index in [9.17, 15) is 9.59 Å². The van der Waals surface area contributed by atoms with Crippen molar-refractivity contribution < 1.29 is 19.4 Å². The number of amides is 1. The van der Waals surface area contributed by atoms with Gasteiger partial charge in [-0.1, -0.05) is 13.3 Å². The molecule has 5 heteroatoms. The van der Waals surface area contributed by atoms with E-state index >= 15 is 0 Å². The Morgan fingerprint density at radius 3 is 2.69 bits per heavy atom. The van der Waals surface area contributed by atoms with Gasteiger partial charge in [-0.05, 0) is 6.42 Å². The highest BCUT2D eigenvalue weighted by atomic mass is 16.5. The lowest BCUT2D eigenvalue weighted by atomic mass is 10.4. The van der Waals surface area contributed by atoms with Crippen LogP contribution in [0.3, 0.4) is 0 Å². The molecule has 0 fully saturated rings. The number of carbonyl (C=O) groups excluding carboxylic acids is 1. The van der Waals surface area contributed by atoms with E-state index in [1.54, 1.807) is 0 Å². The van der Waals surface area contributed by atoms with Gasteiger partial charge >= 0.3 is 5.97 Å². The van der Waals surface area contributed by atoms with Crippen LogP contribution in [0.2, 0.25) is 0 Å². The second-order valence-corrected chi connectivity index (χ2v) is 2.58. The highest BCUT2D eigenvalue weighted by Crippen LogP contribution is 1.86. The van der Waals surface area contributed by atoms with Crippen LogP contribution in [0.1, 0.15) is 19.8 Å². The lowest BCUT2D eigenvalue weighted by molar-refractivity contribution is -0.138. The molecular weight excluding hydrogens is 174 g/mol. The smallest absolute Gasteiger partial charge is 0.322 e. The van der Waals surface area contributed by atoms with Gasteiger partial charge in [0.2, 0.25) is 5.91 Å². The number of unbranched alkanes of at least 4 members (excludes halogenated alkanes) is 1. The first-order valence-electron chi connectivity index (χ1n) is 4.23. The van der Waals surface area contributed by atoms with Gasteiger partial charge in [0.25, 0.3) is 0 Å². The quantitative estimate of drug-likeness (QED) is 0.553. The molecule has 0 aliphatic rings. The average Bonchev–Trinajstić information content (AvgIpc) is 2.09. The van der Waals surface area contributed by atoms with E-state index in [0.29, 0.717) is 6.61 Å². The third-order valence-corrected chi connectivity index (χ3v) is 1.31. The Bertz CT molecular complexity index is 170. The number of ether oxygens (including phenoxy) is 1. The molecule has 0 unspecified atom stereocenters. The molecule has 0 aliphatic carbocycles. The lowest BCUT2D eigenvalue weighted by Gasteiger charge is -2.02.